The number of aliphatic hydroxyl groups excluding tert-OH is 1. The van der Waals surface area contributed by atoms with Gasteiger partial charge in [-0.3, -0.25) is 0 Å². The number of hydrogen-bond acceptors (Lipinski definition) is 7. The number of aromatic nitrogens is 3. The van der Waals surface area contributed by atoms with Crippen molar-refractivity contribution >= 4 is 85.8 Å². The fourth-order valence-corrected chi connectivity index (χ4v) is 6.61. The predicted molar refractivity (Wildman–Crippen MR) is 161 cm³/mol. The van der Waals surface area contributed by atoms with Crippen molar-refractivity contribution in [3.8, 4) is 0 Å². The fourth-order valence-electron chi connectivity index (χ4n) is 4.72. The van der Waals surface area contributed by atoms with Gasteiger partial charge in [-0.25, -0.2) is 9.97 Å². The molecule has 3 N–H and O–H groups in total. The molecule has 1 fully saturated rings. The Morgan fingerprint density at radius 3 is 2.77 bits per heavy atom. The van der Waals surface area contributed by atoms with E-state index >= 15 is 0 Å². The highest BCUT2D eigenvalue weighted by atomic mass is 127. The third-order valence-corrected chi connectivity index (χ3v) is 8.86. The van der Waals surface area contributed by atoms with Gasteiger partial charge < -0.3 is 29.6 Å². The van der Waals surface area contributed by atoms with E-state index in [-0.39, 0.29) is 19.1 Å². The smallest absolute Gasteiger partial charge is 0.164 e. The third kappa shape index (κ3) is 6.22. The molecule has 3 aromatic rings. The summed E-state index contributed by atoms with van der Waals surface area (Å²) in [5, 5.41) is 13.7. The summed E-state index contributed by atoms with van der Waals surface area (Å²) in [7, 11) is 0. The molecule has 0 bridgehead atoms. The average Bonchev–Trinajstić information content (AvgIpc) is 3.36. The van der Waals surface area contributed by atoms with Crippen molar-refractivity contribution in [2.45, 2.75) is 42.9 Å². The molecule has 2 unspecified atom stereocenters. The van der Waals surface area contributed by atoms with Crippen LogP contribution in [-0.4, -0.2) is 56.0 Å². The fraction of sp³-hybridized carbons (Fsp3) is 0.385. The molecule has 3 heterocycles. The van der Waals surface area contributed by atoms with E-state index in [0.717, 1.165) is 9.13 Å². The number of ether oxygens (including phenoxy) is 3. The molecule has 2 aliphatic rings. The zero-order valence-electron chi connectivity index (χ0n) is 20.6. The van der Waals surface area contributed by atoms with Gasteiger partial charge in [0.1, 0.15) is 36.1 Å². The van der Waals surface area contributed by atoms with Crippen LogP contribution in [0.1, 0.15) is 18.7 Å². The number of allylic oxidation sites excluding steroid dienone is 3. The largest absolute Gasteiger partial charge is 0.386 e. The van der Waals surface area contributed by atoms with E-state index in [4.69, 9.17) is 66.3 Å². The van der Waals surface area contributed by atoms with Crippen molar-refractivity contribution in [2.24, 2.45) is 5.92 Å². The van der Waals surface area contributed by atoms with E-state index in [1.165, 1.54) is 6.33 Å². The zero-order chi connectivity index (χ0) is 27.9. The average molecular weight is 726 g/mol. The predicted octanol–water partition coefficient (Wildman–Crippen LogP) is 6.09. The highest BCUT2D eigenvalue weighted by Gasteiger charge is 2.46. The summed E-state index contributed by atoms with van der Waals surface area (Å²) >= 11 is 27.3. The second-order valence-corrected chi connectivity index (χ2v) is 12.8. The lowest BCUT2D eigenvalue weighted by Crippen LogP contribution is -2.38. The molecular weight excluding hydrogens is 701 g/mol. The van der Waals surface area contributed by atoms with Gasteiger partial charge in [-0.15, -0.1) is 11.6 Å². The number of hydrogen-bond donors (Lipinski definition) is 2. The lowest BCUT2D eigenvalue weighted by Gasteiger charge is -2.30. The van der Waals surface area contributed by atoms with Crippen molar-refractivity contribution in [3.05, 3.63) is 73.2 Å². The molecule has 1 aliphatic carbocycles. The lowest BCUT2D eigenvalue weighted by molar-refractivity contribution is -0.0822. The summed E-state index contributed by atoms with van der Waals surface area (Å²) in [6, 6.07) is 5.16. The molecular formula is C26H25Cl4IN4O4. The van der Waals surface area contributed by atoms with Crippen LogP contribution in [0.3, 0.4) is 0 Å². The monoisotopic (exact) mass is 724 g/mol. The molecule has 0 spiro atoms. The van der Waals surface area contributed by atoms with E-state index in [1.54, 1.807) is 34.9 Å². The first-order valence-electron chi connectivity index (χ1n) is 12.0. The van der Waals surface area contributed by atoms with Crippen LogP contribution in [0.15, 0.2) is 54.0 Å². The molecule has 5 rings (SSSR count). The van der Waals surface area contributed by atoms with Gasteiger partial charge >= 0.3 is 0 Å². The van der Waals surface area contributed by atoms with Crippen LogP contribution in [0.5, 0.6) is 0 Å². The van der Waals surface area contributed by atoms with E-state index in [9.17, 15) is 5.11 Å². The molecule has 208 valence electrons. The maximum atomic E-state index is 11.5. The molecule has 1 saturated heterocycles. The summed E-state index contributed by atoms with van der Waals surface area (Å²) in [5.41, 5.74) is 7.37. The quantitative estimate of drug-likeness (QED) is 0.214. The first-order chi connectivity index (χ1) is 18.5. The summed E-state index contributed by atoms with van der Waals surface area (Å²) in [6.07, 6.45) is 5.52. The number of fused-ring (bicyclic) bond motifs is 1. The number of nitrogens with two attached hydrogens (primary N) is 1. The normalized spacial score (nSPS) is 28.8. The minimum absolute atomic E-state index is 0.106. The van der Waals surface area contributed by atoms with Crippen LogP contribution in [0.25, 0.3) is 11.0 Å². The van der Waals surface area contributed by atoms with Crippen LogP contribution in [-0.2, 0) is 20.8 Å². The maximum Gasteiger partial charge on any atom is 0.164 e. The lowest BCUT2D eigenvalue weighted by atomic mass is 9.90. The third-order valence-electron chi connectivity index (χ3n) is 6.83. The van der Waals surface area contributed by atoms with E-state index in [1.807, 2.05) is 19.2 Å². The first kappa shape index (κ1) is 29.3. The number of anilines is 1. The van der Waals surface area contributed by atoms with Crippen molar-refractivity contribution < 1.29 is 19.3 Å². The summed E-state index contributed by atoms with van der Waals surface area (Å²) in [5.74, 6) is 0.241. The van der Waals surface area contributed by atoms with Crippen molar-refractivity contribution in [2.75, 3.05) is 18.9 Å². The van der Waals surface area contributed by atoms with Gasteiger partial charge in [0.15, 0.2) is 6.23 Å². The van der Waals surface area contributed by atoms with E-state index in [2.05, 4.69) is 32.6 Å². The zero-order valence-corrected chi connectivity index (χ0v) is 25.8. The second kappa shape index (κ2) is 12.0. The molecule has 6 atom stereocenters. The minimum atomic E-state index is -1.05. The van der Waals surface area contributed by atoms with Crippen LogP contribution in [0.4, 0.5) is 5.82 Å². The second-order valence-electron chi connectivity index (χ2n) is 9.59. The highest BCUT2D eigenvalue weighted by Crippen LogP contribution is 2.38. The summed E-state index contributed by atoms with van der Waals surface area (Å²) in [6.45, 7) is 2.49. The molecule has 1 aliphatic heterocycles. The van der Waals surface area contributed by atoms with Crippen molar-refractivity contribution in [3.63, 3.8) is 0 Å². The molecule has 0 amide bonds. The molecule has 2 aromatic heterocycles. The van der Waals surface area contributed by atoms with Crippen molar-refractivity contribution in [1.29, 1.82) is 0 Å². The molecule has 39 heavy (non-hydrogen) atoms. The molecule has 0 saturated carbocycles. The number of alkyl halides is 1. The standard InChI is InChI=1S/C26H25Cl4IN4O4/c1-26(30)7-16(28)5-3-14(26)10-37-11-19-22(38-9-13-2-4-15(27)6-17(13)29)21(36)25(39-19)35-8-18(31)20-23(32)33-12-34-24(20)35/h2-8,12,14,19,21-22,25,36H,9-11H2,1H3,(H2,32,33,34)/t14?,19-,21-,22-,25-,26?/m1/s1. The highest BCUT2D eigenvalue weighted by molar-refractivity contribution is 14.1. The topological polar surface area (TPSA) is 105 Å². The minimum Gasteiger partial charge on any atom is -0.386 e. The molecule has 1 aromatic carbocycles. The van der Waals surface area contributed by atoms with Gasteiger partial charge in [-0.2, -0.15) is 0 Å². The van der Waals surface area contributed by atoms with Gasteiger partial charge in [0.2, 0.25) is 0 Å². The Hall–Kier alpha value is -1.15. The Morgan fingerprint density at radius 1 is 1.23 bits per heavy atom. The Bertz CT molecular complexity index is 1430. The van der Waals surface area contributed by atoms with Gasteiger partial charge in [0.25, 0.3) is 0 Å². The van der Waals surface area contributed by atoms with E-state index < -0.39 is 29.4 Å². The Morgan fingerprint density at radius 2 is 2.03 bits per heavy atom. The number of halogens is 5. The van der Waals surface area contributed by atoms with E-state index in [0.29, 0.717) is 38.5 Å². The number of benzene rings is 1. The van der Waals surface area contributed by atoms with Gasteiger partial charge in [0, 0.05) is 30.8 Å². The summed E-state index contributed by atoms with van der Waals surface area (Å²) < 4.78 is 21.2. The Balaban J connectivity index is 1.36. The molecule has 13 heteroatoms. The molecule has 0 radical (unpaired) electrons. The van der Waals surface area contributed by atoms with Crippen LogP contribution in [0.2, 0.25) is 10.0 Å². The number of nitrogen functional groups attached to an aromatic ring is 1. The Kier molecular flexibility index (Phi) is 9.02. The van der Waals surface area contributed by atoms with Gasteiger partial charge in [0.05, 0.1) is 30.1 Å². The summed E-state index contributed by atoms with van der Waals surface area (Å²) in [4.78, 5) is 7.78. The number of nitrogens with zero attached hydrogens (tertiary/aromatic N) is 3. The van der Waals surface area contributed by atoms with Crippen LogP contribution in [0, 0.1) is 9.49 Å². The molecule has 8 nitrogen and oxygen atoms in total. The first-order valence-corrected chi connectivity index (χ1v) is 14.6. The van der Waals surface area contributed by atoms with Gasteiger partial charge in [-0.1, -0.05) is 46.9 Å². The van der Waals surface area contributed by atoms with Crippen LogP contribution >= 0.6 is 69.0 Å². The number of aliphatic hydroxyl groups is 1. The Labute approximate surface area is 259 Å². The maximum absolute atomic E-state index is 11.5. The number of rotatable bonds is 8. The van der Waals surface area contributed by atoms with Crippen molar-refractivity contribution in [1.82, 2.24) is 14.5 Å². The van der Waals surface area contributed by atoms with Gasteiger partial charge in [-0.05, 0) is 59.4 Å². The SMILES string of the molecule is CC1(Cl)C=C(Cl)C=CC1COC[C@H]1O[C@@H](n2cc(I)c3c(N)ncnc32)[C@H](O)[C@@H]1OCc1ccc(Cl)cc1Cl. The van der Waals surface area contributed by atoms with Crippen LogP contribution < -0.4 is 5.73 Å².